The molecule has 0 radical (unpaired) electrons. The highest BCUT2D eigenvalue weighted by atomic mass is 32.1. The van der Waals surface area contributed by atoms with Gasteiger partial charge in [0.2, 0.25) is 0 Å². The molecule has 0 unspecified atom stereocenters. The summed E-state index contributed by atoms with van der Waals surface area (Å²) in [7, 11) is 0. The number of fused-ring (bicyclic) bond motifs is 3. The molecule has 0 saturated carbocycles. The van der Waals surface area contributed by atoms with Crippen molar-refractivity contribution < 1.29 is 0 Å². The smallest absolute Gasteiger partial charge is 0.281 e. The summed E-state index contributed by atoms with van der Waals surface area (Å²) in [5, 5.41) is 5.72. The molecule has 0 aliphatic carbocycles. The van der Waals surface area contributed by atoms with Gasteiger partial charge in [-0.25, -0.2) is 4.68 Å². The highest BCUT2D eigenvalue weighted by Gasteiger charge is 2.12. The minimum atomic E-state index is -0.0539. The largest absolute Gasteiger partial charge is 0.289 e. The second-order valence-electron chi connectivity index (χ2n) is 5.20. The molecule has 0 aliphatic heterocycles. The van der Waals surface area contributed by atoms with E-state index in [1.807, 2.05) is 44.2 Å². The summed E-state index contributed by atoms with van der Waals surface area (Å²) in [6.45, 7) is 4.06. The zero-order chi connectivity index (χ0) is 14.6. The molecule has 4 nitrogen and oxygen atoms in total. The van der Waals surface area contributed by atoms with Crippen molar-refractivity contribution in [1.29, 1.82) is 0 Å². The Labute approximate surface area is 124 Å². The first-order valence-electron chi connectivity index (χ1n) is 6.70. The maximum atomic E-state index is 12.5. The lowest BCUT2D eigenvalue weighted by Crippen LogP contribution is -2.12. The first-order chi connectivity index (χ1) is 10.1. The SMILES string of the molecule is Cc1ccc2c(c1)ncc1c(=O)n(-c3ccc(C)s3)[nH]c12. The average molecular weight is 295 g/mol. The number of rotatable bonds is 1. The summed E-state index contributed by atoms with van der Waals surface area (Å²) < 4.78 is 1.60. The van der Waals surface area contributed by atoms with Gasteiger partial charge < -0.3 is 0 Å². The number of nitrogens with one attached hydrogen (secondary N) is 1. The number of aromatic nitrogens is 3. The van der Waals surface area contributed by atoms with Crippen molar-refractivity contribution in [3.8, 4) is 5.00 Å². The number of pyridine rings is 1. The van der Waals surface area contributed by atoms with Crippen LogP contribution in [0.5, 0.6) is 0 Å². The Hall–Kier alpha value is -2.40. The highest BCUT2D eigenvalue weighted by Crippen LogP contribution is 2.23. The topological polar surface area (TPSA) is 50.7 Å². The van der Waals surface area contributed by atoms with Crippen LogP contribution in [-0.4, -0.2) is 14.8 Å². The third-order valence-electron chi connectivity index (χ3n) is 3.63. The maximum Gasteiger partial charge on any atom is 0.281 e. The first-order valence-corrected chi connectivity index (χ1v) is 7.52. The minimum absolute atomic E-state index is 0.0539. The van der Waals surface area contributed by atoms with Gasteiger partial charge in [-0.15, -0.1) is 11.3 Å². The van der Waals surface area contributed by atoms with E-state index in [2.05, 4.69) is 10.1 Å². The normalized spacial score (nSPS) is 11.5. The summed E-state index contributed by atoms with van der Waals surface area (Å²) in [5.74, 6) is 0. The lowest BCUT2D eigenvalue weighted by molar-refractivity contribution is 0.881. The van der Waals surface area contributed by atoms with E-state index in [-0.39, 0.29) is 5.56 Å². The van der Waals surface area contributed by atoms with Gasteiger partial charge in [0, 0.05) is 16.5 Å². The predicted molar refractivity (Wildman–Crippen MR) is 86.5 cm³/mol. The standard InChI is InChI=1S/C16H13N3OS/c1-9-3-5-11-13(7-9)17-8-12-15(11)18-19(16(12)20)14-6-4-10(2)21-14/h3-8,18H,1-2H3. The quantitative estimate of drug-likeness (QED) is 0.584. The maximum absolute atomic E-state index is 12.5. The Morgan fingerprint density at radius 2 is 2.00 bits per heavy atom. The number of hydrogen-bond donors (Lipinski definition) is 1. The van der Waals surface area contributed by atoms with Crippen LogP contribution in [0.4, 0.5) is 0 Å². The molecule has 3 aromatic heterocycles. The molecular weight excluding hydrogens is 282 g/mol. The molecule has 3 heterocycles. The Balaban J connectivity index is 2.10. The Bertz CT molecular complexity index is 1040. The third-order valence-corrected chi connectivity index (χ3v) is 4.61. The molecule has 0 amide bonds. The van der Waals surface area contributed by atoms with Crippen LogP contribution in [0.25, 0.3) is 26.8 Å². The van der Waals surface area contributed by atoms with Gasteiger partial charge in [-0.2, -0.15) is 0 Å². The van der Waals surface area contributed by atoms with Crippen LogP contribution in [0, 0.1) is 13.8 Å². The van der Waals surface area contributed by atoms with Gasteiger partial charge in [-0.3, -0.25) is 14.9 Å². The Kier molecular flexibility index (Phi) is 2.53. The lowest BCUT2D eigenvalue weighted by atomic mass is 10.1. The molecule has 1 N–H and O–H groups in total. The lowest BCUT2D eigenvalue weighted by Gasteiger charge is -1.99. The average Bonchev–Trinajstić information content (AvgIpc) is 3.02. The Morgan fingerprint density at radius 3 is 2.76 bits per heavy atom. The molecule has 21 heavy (non-hydrogen) atoms. The monoisotopic (exact) mass is 295 g/mol. The van der Waals surface area contributed by atoms with Crippen LogP contribution < -0.4 is 5.56 Å². The van der Waals surface area contributed by atoms with Gasteiger partial charge in [0.1, 0.15) is 5.00 Å². The van der Waals surface area contributed by atoms with E-state index in [0.29, 0.717) is 5.39 Å². The van der Waals surface area contributed by atoms with E-state index in [1.54, 1.807) is 22.2 Å². The number of aryl methyl sites for hydroxylation is 2. The molecule has 1 aromatic carbocycles. The molecule has 4 rings (SSSR count). The molecule has 4 aromatic rings. The van der Waals surface area contributed by atoms with Gasteiger partial charge in [-0.1, -0.05) is 12.1 Å². The highest BCUT2D eigenvalue weighted by molar-refractivity contribution is 7.14. The second-order valence-corrected chi connectivity index (χ2v) is 6.47. The van der Waals surface area contributed by atoms with Gasteiger partial charge in [-0.05, 0) is 37.6 Å². The molecule has 0 fully saturated rings. The molecular formula is C16H13N3OS. The third kappa shape index (κ3) is 1.81. The van der Waals surface area contributed by atoms with Crippen molar-refractivity contribution in [2.24, 2.45) is 0 Å². The molecule has 0 bridgehead atoms. The van der Waals surface area contributed by atoms with E-state index in [9.17, 15) is 4.79 Å². The number of aromatic amines is 1. The summed E-state index contributed by atoms with van der Waals surface area (Å²) in [6.07, 6.45) is 1.66. The van der Waals surface area contributed by atoms with Crippen LogP contribution in [0.1, 0.15) is 10.4 Å². The van der Waals surface area contributed by atoms with Gasteiger partial charge in [0.05, 0.1) is 16.4 Å². The van der Waals surface area contributed by atoms with Crippen molar-refractivity contribution in [2.75, 3.05) is 0 Å². The van der Waals surface area contributed by atoms with Crippen LogP contribution in [0.3, 0.4) is 0 Å². The van der Waals surface area contributed by atoms with E-state index in [1.165, 1.54) is 4.88 Å². The minimum Gasteiger partial charge on any atom is -0.289 e. The molecule has 0 aliphatic rings. The fourth-order valence-electron chi connectivity index (χ4n) is 2.57. The van der Waals surface area contributed by atoms with Crippen LogP contribution in [0.2, 0.25) is 0 Å². The van der Waals surface area contributed by atoms with Crippen molar-refractivity contribution >= 4 is 33.1 Å². The zero-order valence-corrected chi connectivity index (χ0v) is 12.5. The number of thiophene rings is 1. The summed E-state index contributed by atoms with van der Waals surface area (Å²) in [5.41, 5.74) is 2.85. The van der Waals surface area contributed by atoms with Crippen molar-refractivity contribution in [2.45, 2.75) is 13.8 Å². The van der Waals surface area contributed by atoms with Crippen LogP contribution in [-0.2, 0) is 0 Å². The van der Waals surface area contributed by atoms with E-state index >= 15 is 0 Å². The van der Waals surface area contributed by atoms with Gasteiger partial charge in [0.15, 0.2) is 0 Å². The molecule has 0 spiro atoms. The first kappa shape index (κ1) is 12.3. The van der Waals surface area contributed by atoms with E-state index in [0.717, 1.165) is 27.0 Å². The molecule has 104 valence electrons. The number of hydrogen-bond acceptors (Lipinski definition) is 3. The summed E-state index contributed by atoms with van der Waals surface area (Å²) in [4.78, 5) is 18.1. The van der Waals surface area contributed by atoms with Crippen molar-refractivity contribution in [1.82, 2.24) is 14.8 Å². The van der Waals surface area contributed by atoms with Gasteiger partial charge >= 0.3 is 0 Å². The van der Waals surface area contributed by atoms with E-state index in [4.69, 9.17) is 0 Å². The number of benzene rings is 1. The molecule has 5 heteroatoms. The van der Waals surface area contributed by atoms with Gasteiger partial charge in [0.25, 0.3) is 5.56 Å². The molecule has 0 saturated heterocycles. The zero-order valence-electron chi connectivity index (χ0n) is 11.7. The predicted octanol–water partition coefficient (Wildman–Crippen LogP) is 3.55. The van der Waals surface area contributed by atoms with E-state index < -0.39 is 0 Å². The van der Waals surface area contributed by atoms with Crippen molar-refractivity contribution in [3.63, 3.8) is 0 Å². The summed E-state index contributed by atoms with van der Waals surface area (Å²) in [6, 6.07) is 10.0. The molecule has 0 atom stereocenters. The second kappa shape index (κ2) is 4.30. The summed E-state index contributed by atoms with van der Waals surface area (Å²) >= 11 is 1.59. The Morgan fingerprint density at radius 1 is 1.14 bits per heavy atom. The fourth-order valence-corrected chi connectivity index (χ4v) is 3.39. The number of H-pyrrole nitrogens is 1. The number of nitrogens with zero attached hydrogens (tertiary/aromatic N) is 2. The van der Waals surface area contributed by atoms with Crippen molar-refractivity contribution in [3.05, 3.63) is 57.3 Å². The van der Waals surface area contributed by atoms with Crippen LogP contribution in [0.15, 0.2) is 41.3 Å². The van der Waals surface area contributed by atoms with Crippen LogP contribution >= 0.6 is 11.3 Å². The fraction of sp³-hybridized carbons (Fsp3) is 0.125.